The molecule has 0 heterocycles. The lowest BCUT2D eigenvalue weighted by Crippen LogP contribution is -1.94. The van der Waals surface area contributed by atoms with Crippen molar-refractivity contribution < 1.29 is 24.2 Å². The molecule has 0 spiro atoms. The third-order valence-corrected chi connectivity index (χ3v) is 3.94. The van der Waals surface area contributed by atoms with E-state index in [1.54, 1.807) is 6.07 Å². The number of aromatic hydroxyl groups is 1. The van der Waals surface area contributed by atoms with Crippen molar-refractivity contribution in [3.8, 4) is 11.5 Å². The van der Waals surface area contributed by atoms with Gasteiger partial charge in [-0.25, -0.2) is 0 Å². The molecule has 6 heteroatoms. The molecule has 118 valence electrons. The van der Waals surface area contributed by atoms with Crippen LogP contribution in [0.15, 0.2) is 42.5 Å². The largest absolute Gasteiger partial charge is 0.508 e. The van der Waals surface area contributed by atoms with Gasteiger partial charge < -0.3 is 19.6 Å². The fourth-order valence-electron chi connectivity index (χ4n) is 2.21. The molecule has 0 radical (unpaired) electrons. The van der Waals surface area contributed by atoms with Crippen molar-refractivity contribution in [3.63, 3.8) is 0 Å². The third-order valence-electron chi connectivity index (χ3n) is 3.16. The van der Waals surface area contributed by atoms with Crippen LogP contribution >= 0.6 is 7.60 Å². The predicted molar refractivity (Wildman–Crippen MR) is 84.3 cm³/mol. The van der Waals surface area contributed by atoms with Crippen molar-refractivity contribution in [1.82, 2.24) is 0 Å². The minimum Gasteiger partial charge on any atom is -0.508 e. The molecule has 0 saturated heterocycles. The number of ether oxygens (including phenoxy) is 1. The molecule has 0 aliphatic heterocycles. The van der Waals surface area contributed by atoms with E-state index < -0.39 is 7.60 Å². The smallest absolute Gasteiger partial charge is 0.329 e. The molecule has 0 aliphatic rings. The van der Waals surface area contributed by atoms with Crippen molar-refractivity contribution in [2.75, 3.05) is 6.61 Å². The summed E-state index contributed by atoms with van der Waals surface area (Å²) in [6.45, 7) is 2.52. The minimum atomic E-state index is -4.12. The van der Waals surface area contributed by atoms with Gasteiger partial charge in [0.15, 0.2) is 0 Å². The van der Waals surface area contributed by atoms with Crippen LogP contribution in [0.1, 0.15) is 23.6 Å². The zero-order chi connectivity index (χ0) is 16.2. The highest BCUT2D eigenvalue weighted by atomic mass is 31.2. The monoisotopic (exact) mass is 322 g/mol. The summed E-state index contributed by atoms with van der Waals surface area (Å²) in [5, 5.41) is 9.91. The second-order valence-electron chi connectivity index (χ2n) is 5.04. The number of hydrogen-bond donors (Lipinski definition) is 3. The Hall–Kier alpha value is -1.81. The lowest BCUT2D eigenvalue weighted by Gasteiger charge is -2.10. The van der Waals surface area contributed by atoms with E-state index in [4.69, 9.17) is 14.5 Å². The minimum absolute atomic E-state index is 0.114. The van der Waals surface area contributed by atoms with Gasteiger partial charge in [-0.1, -0.05) is 24.3 Å². The normalized spacial score (nSPS) is 11.4. The van der Waals surface area contributed by atoms with Gasteiger partial charge in [0.1, 0.15) is 11.5 Å². The first-order valence-electron chi connectivity index (χ1n) is 6.94. The molecular formula is C16H19O5P. The summed E-state index contributed by atoms with van der Waals surface area (Å²) in [6, 6.07) is 12.1. The standard InChI is InChI=1S/C16H19O5P/c1-2-21-15-6-3-12(4-7-15)9-14-10-13(5-8-16(14)17)11-22(18,19)20/h3-8,10,17H,2,9,11H2,1H3,(H2,18,19,20). The topological polar surface area (TPSA) is 87.0 Å². The maximum absolute atomic E-state index is 11.1. The molecule has 0 atom stereocenters. The van der Waals surface area contributed by atoms with Crippen LogP contribution in [0.3, 0.4) is 0 Å². The van der Waals surface area contributed by atoms with Crippen molar-refractivity contribution >= 4 is 7.60 Å². The predicted octanol–water partition coefficient (Wildman–Crippen LogP) is 3.06. The van der Waals surface area contributed by atoms with E-state index in [9.17, 15) is 9.67 Å². The summed E-state index contributed by atoms with van der Waals surface area (Å²) in [4.78, 5) is 18.1. The first-order valence-corrected chi connectivity index (χ1v) is 8.74. The Morgan fingerprint density at radius 2 is 1.68 bits per heavy atom. The second-order valence-corrected chi connectivity index (χ2v) is 6.69. The third kappa shape index (κ3) is 4.88. The van der Waals surface area contributed by atoms with E-state index in [1.165, 1.54) is 12.1 Å². The van der Waals surface area contributed by atoms with Crippen molar-refractivity contribution in [2.24, 2.45) is 0 Å². The molecule has 2 aromatic carbocycles. The van der Waals surface area contributed by atoms with Crippen LogP contribution in [0.25, 0.3) is 0 Å². The van der Waals surface area contributed by atoms with Crippen LogP contribution in [0.5, 0.6) is 11.5 Å². The van der Waals surface area contributed by atoms with Crippen LogP contribution < -0.4 is 4.74 Å². The first-order chi connectivity index (χ1) is 10.4. The van der Waals surface area contributed by atoms with Gasteiger partial charge in [-0.15, -0.1) is 0 Å². The number of rotatable bonds is 6. The average Bonchev–Trinajstić information content (AvgIpc) is 2.43. The number of phenols is 1. The number of benzene rings is 2. The number of hydrogen-bond acceptors (Lipinski definition) is 3. The maximum Gasteiger partial charge on any atom is 0.329 e. The fraction of sp³-hybridized carbons (Fsp3) is 0.250. The molecule has 0 aromatic heterocycles. The molecular weight excluding hydrogens is 303 g/mol. The Morgan fingerprint density at radius 1 is 1.05 bits per heavy atom. The number of phenolic OH excluding ortho intramolecular Hbond substituents is 1. The Bertz CT molecular complexity index is 675. The second kappa shape index (κ2) is 6.97. The maximum atomic E-state index is 11.1. The van der Waals surface area contributed by atoms with Crippen LogP contribution in [0.2, 0.25) is 0 Å². The highest BCUT2D eigenvalue weighted by Crippen LogP contribution is 2.39. The van der Waals surface area contributed by atoms with E-state index >= 15 is 0 Å². The zero-order valence-electron chi connectivity index (χ0n) is 12.3. The van der Waals surface area contributed by atoms with Gasteiger partial charge in [-0.2, -0.15) is 0 Å². The quantitative estimate of drug-likeness (QED) is 0.712. The summed E-state index contributed by atoms with van der Waals surface area (Å²) >= 11 is 0. The summed E-state index contributed by atoms with van der Waals surface area (Å²) in [7, 11) is -4.12. The molecule has 3 N–H and O–H groups in total. The SMILES string of the molecule is CCOc1ccc(Cc2cc(CP(=O)(O)O)ccc2O)cc1. The van der Waals surface area contributed by atoms with Crippen LogP contribution in [0, 0.1) is 0 Å². The van der Waals surface area contributed by atoms with Crippen LogP contribution in [0.4, 0.5) is 0 Å². The summed E-state index contributed by atoms with van der Waals surface area (Å²) < 4.78 is 16.4. The van der Waals surface area contributed by atoms with Gasteiger partial charge in [-0.3, -0.25) is 4.57 Å². The van der Waals surface area contributed by atoms with E-state index in [-0.39, 0.29) is 11.9 Å². The average molecular weight is 322 g/mol. The molecule has 0 bridgehead atoms. The van der Waals surface area contributed by atoms with Crippen molar-refractivity contribution in [2.45, 2.75) is 19.5 Å². The van der Waals surface area contributed by atoms with E-state index in [1.807, 2.05) is 31.2 Å². The van der Waals surface area contributed by atoms with Crippen LogP contribution in [-0.4, -0.2) is 21.5 Å². The Balaban J connectivity index is 2.17. The van der Waals surface area contributed by atoms with Crippen LogP contribution in [-0.2, 0) is 17.1 Å². The summed E-state index contributed by atoms with van der Waals surface area (Å²) in [6.07, 6.45) is 0.150. The van der Waals surface area contributed by atoms with Gasteiger partial charge in [-0.05, 0) is 41.8 Å². The van der Waals surface area contributed by atoms with Gasteiger partial charge >= 0.3 is 7.60 Å². The Kier molecular flexibility index (Phi) is 5.24. The fourth-order valence-corrected chi connectivity index (χ4v) is 2.88. The highest BCUT2D eigenvalue weighted by Gasteiger charge is 2.15. The summed E-state index contributed by atoms with van der Waals surface area (Å²) in [5.41, 5.74) is 2.12. The molecule has 0 amide bonds. The molecule has 2 aromatic rings. The van der Waals surface area contributed by atoms with E-state index in [0.29, 0.717) is 24.2 Å². The highest BCUT2D eigenvalue weighted by molar-refractivity contribution is 7.50. The van der Waals surface area contributed by atoms with Gasteiger partial charge in [0.2, 0.25) is 0 Å². The lowest BCUT2D eigenvalue weighted by atomic mass is 10.0. The Labute approximate surface area is 129 Å². The molecule has 2 rings (SSSR count). The Morgan fingerprint density at radius 3 is 2.27 bits per heavy atom. The first kappa shape index (κ1) is 16.6. The molecule has 0 aliphatic carbocycles. The molecule has 0 saturated carbocycles. The van der Waals surface area contributed by atoms with E-state index in [2.05, 4.69) is 0 Å². The summed E-state index contributed by atoms with van der Waals surface area (Å²) in [5.74, 6) is 0.897. The zero-order valence-corrected chi connectivity index (χ0v) is 13.2. The van der Waals surface area contributed by atoms with Gasteiger partial charge in [0.25, 0.3) is 0 Å². The van der Waals surface area contributed by atoms with Crippen molar-refractivity contribution in [1.29, 1.82) is 0 Å². The van der Waals surface area contributed by atoms with Gasteiger partial charge in [0, 0.05) is 6.42 Å². The molecule has 0 unspecified atom stereocenters. The lowest BCUT2D eigenvalue weighted by molar-refractivity contribution is 0.340. The molecule has 0 fully saturated rings. The van der Waals surface area contributed by atoms with Gasteiger partial charge in [0.05, 0.1) is 12.8 Å². The molecule has 5 nitrogen and oxygen atoms in total. The molecule has 22 heavy (non-hydrogen) atoms. The van der Waals surface area contributed by atoms with Crippen molar-refractivity contribution in [3.05, 3.63) is 59.2 Å². The van der Waals surface area contributed by atoms with E-state index in [0.717, 1.165) is 11.3 Å².